The Hall–Kier alpha value is -1.79. The van der Waals surface area contributed by atoms with Crippen LogP contribution >= 0.6 is 0 Å². The summed E-state index contributed by atoms with van der Waals surface area (Å²) in [6, 6.07) is 4.45. The molecule has 1 saturated heterocycles. The second-order valence-corrected chi connectivity index (χ2v) is 4.90. The molecular formula is C14H19NO5. The number of aliphatic hydroxyl groups is 1. The first-order valence-corrected chi connectivity index (χ1v) is 6.49. The third-order valence-electron chi connectivity index (χ3n) is 3.45. The molecule has 1 heterocycles. The largest absolute Gasteiger partial charge is 0.507 e. The van der Waals surface area contributed by atoms with Crippen LogP contribution in [0.15, 0.2) is 18.2 Å². The lowest BCUT2D eigenvalue weighted by molar-refractivity contribution is -0.0605. The first-order chi connectivity index (χ1) is 9.54. The molecule has 2 rings (SSSR count). The van der Waals surface area contributed by atoms with Crippen LogP contribution in [0.1, 0.15) is 23.2 Å². The second kappa shape index (κ2) is 6.11. The highest BCUT2D eigenvalue weighted by molar-refractivity contribution is 5.97. The summed E-state index contributed by atoms with van der Waals surface area (Å²) in [5.74, 6) is -0.104. The number of amides is 1. The zero-order valence-corrected chi connectivity index (χ0v) is 11.4. The van der Waals surface area contributed by atoms with Crippen molar-refractivity contribution in [1.29, 1.82) is 0 Å². The Kier molecular flexibility index (Phi) is 4.46. The Morgan fingerprint density at radius 3 is 2.75 bits per heavy atom. The van der Waals surface area contributed by atoms with Crippen molar-refractivity contribution in [2.75, 3.05) is 26.9 Å². The molecule has 0 aromatic heterocycles. The number of phenolic OH excluding ortho intramolecular Hbond substituents is 1. The summed E-state index contributed by atoms with van der Waals surface area (Å²) in [4.78, 5) is 12.0. The van der Waals surface area contributed by atoms with E-state index >= 15 is 0 Å². The van der Waals surface area contributed by atoms with Gasteiger partial charge in [-0.1, -0.05) is 0 Å². The summed E-state index contributed by atoms with van der Waals surface area (Å²) in [5.41, 5.74) is -0.780. The number of methoxy groups -OCH3 is 1. The summed E-state index contributed by atoms with van der Waals surface area (Å²) in [6.45, 7) is 1.11. The number of rotatable bonds is 4. The molecule has 0 radical (unpaired) electrons. The van der Waals surface area contributed by atoms with Gasteiger partial charge in [-0.2, -0.15) is 0 Å². The monoisotopic (exact) mass is 281 g/mol. The maximum atomic E-state index is 12.0. The Labute approximate surface area is 117 Å². The van der Waals surface area contributed by atoms with Gasteiger partial charge in [0.2, 0.25) is 0 Å². The molecule has 1 fully saturated rings. The SMILES string of the molecule is COc1ccc(C(=O)NCC2(O)CCOCC2)c(O)c1. The standard InChI is InChI=1S/C14H19NO5/c1-19-10-2-3-11(12(16)8-10)13(17)15-9-14(18)4-6-20-7-5-14/h2-3,8,16,18H,4-7,9H2,1H3,(H,15,17). The van der Waals surface area contributed by atoms with Crippen LogP contribution in [-0.4, -0.2) is 48.6 Å². The van der Waals surface area contributed by atoms with E-state index in [1.54, 1.807) is 6.07 Å². The smallest absolute Gasteiger partial charge is 0.255 e. The van der Waals surface area contributed by atoms with Crippen LogP contribution in [0.3, 0.4) is 0 Å². The zero-order chi connectivity index (χ0) is 14.6. The average molecular weight is 281 g/mol. The second-order valence-electron chi connectivity index (χ2n) is 4.90. The van der Waals surface area contributed by atoms with E-state index in [0.29, 0.717) is 31.8 Å². The number of phenols is 1. The van der Waals surface area contributed by atoms with Crippen molar-refractivity contribution in [1.82, 2.24) is 5.32 Å². The minimum Gasteiger partial charge on any atom is -0.507 e. The third kappa shape index (κ3) is 3.40. The summed E-state index contributed by atoms with van der Waals surface area (Å²) >= 11 is 0. The van der Waals surface area contributed by atoms with Gasteiger partial charge in [0, 0.05) is 38.7 Å². The summed E-state index contributed by atoms with van der Waals surface area (Å²) in [6.07, 6.45) is 0.976. The molecule has 6 nitrogen and oxygen atoms in total. The zero-order valence-electron chi connectivity index (χ0n) is 11.4. The number of hydrogen-bond acceptors (Lipinski definition) is 5. The summed E-state index contributed by atoms with van der Waals surface area (Å²) < 4.78 is 10.1. The first kappa shape index (κ1) is 14.6. The van der Waals surface area contributed by atoms with Crippen molar-refractivity contribution in [2.24, 2.45) is 0 Å². The number of carbonyl (C=O) groups excluding carboxylic acids is 1. The van der Waals surface area contributed by atoms with Gasteiger partial charge in [-0.05, 0) is 12.1 Å². The highest BCUT2D eigenvalue weighted by atomic mass is 16.5. The van der Waals surface area contributed by atoms with Crippen LogP contribution in [0.2, 0.25) is 0 Å². The molecule has 0 atom stereocenters. The van der Waals surface area contributed by atoms with Gasteiger partial charge in [0.15, 0.2) is 0 Å². The Morgan fingerprint density at radius 1 is 1.45 bits per heavy atom. The van der Waals surface area contributed by atoms with Crippen molar-refractivity contribution in [3.8, 4) is 11.5 Å². The van der Waals surface area contributed by atoms with Gasteiger partial charge in [0.25, 0.3) is 5.91 Å². The molecule has 0 bridgehead atoms. The molecule has 1 aliphatic rings. The molecule has 0 aliphatic carbocycles. The topological polar surface area (TPSA) is 88.0 Å². The lowest BCUT2D eigenvalue weighted by Gasteiger charge is -2.32. The van der Waals surface area contributed by atoms with Crippen molar-refractivity contribution in [2.45, 2.75) is 18.4 Å². The Morgan fingerprint density at radius 2 is 2.15 bits per heavy atom. The van der Waals surface area contributed by atoms with E-state index < -0.39 is 11.5 Å². The highest BCUT2D eigenvalue weighted by Crippen LogP contribution is 2.24. The predicted molar refractivity (Wildman–Crippen MR) is 72.0 cm³/mol. The van der Waals surface area contributed by atoms with E-state index in [2.05, 4.69) is 5.32 Å². The first-order valence-electron chi connectivity index (χ1n) is 6.49. The van der Waals surface area contributed by atoms with E-state index in [9.17, 15) is 15.0 Å². The highest BCUT2D eigenvalue weighted by Gasteiger charge is 2.30. The average Bonchev–Trinajstić information content (AvgIpc) is 2.45. The maximum absolute atomic E-state index is 12.0. The molecule has 1 aromatic rings. The molecule has 1 aromatic carbocycles. The Balaban J connectivity index is 1.98. The van der Waals surface area contributed by atoms with Crippen LogP contribution in [0.5, 0.6) is 11.5 Å². The number of aromatic hydroxyl groups is 1. The third-order valence-corrected chi connectivity index (χ3v) is 3.45. The molecule has 1 aliphatic heterocycles. The van der Waals surface area contributed by atoms with Gasteiger partial charge >= 0.3 is 0 Å². The van der Waals surface area contributed by atoms with Gasteiger partial charge in [-0.25, -0.2) is 0 Å². The van der Waals surface area contributed by atoms with Gasteiger partial charge in [0.1, 0.15) is 11.5 Å². The summed E-state index contributed by atoms with van der Waals surface area (Å²) in [5, 5.41) is 22.7. The molecule has 0 unspecified atom stereocenters. The number of carbonyl (C=O) groups is 1. The van der Waals surface area contributed by atoms with Gasteiger partial charge < -0.3 is 25.0 Å². The van der Waals surface area contributed by atoms with Crippen LogP contribution in [0.4, 0.5) is 0 Å². The quantitative estimate of drug-likeness (QED) is 0.755. The molecule has 6 heteroatoms. The van der Waals surface area contributed by atoms with Crippen molar-refractivity contribution >= 4 is 5.91 Å². The molecular weight excluding hydrogens is 262 g/mol. The van der Waals surface area contributed by atoms with Gasteiger partial charge in [0.05, 0.1) is 18.3 Å². The molecule has 20 heavy (non-hydrogen) atoms. The minimum atomic E-state index is -0.935. The molecule has 110 valence electrons. The van der Waals surface area contributed by atoms with Crippen molar-refractivity contribution in [3.63, 3.8) is 0 Å². The minimum absolute atomic E-state index is 0.140. The van der Waals surface area contributed by atoms with Gasteiger partial charge in [-0.3, -0.25) is 4.79 Å². The molecule has 3 N–H and O–H groups in total. The fourth-order valence-corrected chi connectivity index (χ4v) is 2.10. The van der Waals surface area contributed by atoms with E-state index in [1.807, 2.05) is 0 Å². The Bertz CT molecular complexity index is 482. The van der Waals surface area contributed by atoms with Gasteiger partial charge in [-0.15, -0.1) is 0 Å². The lowest BCUT2D eigenvalue weighted by Crippen LogP contribution is -2.46. The number of ether oxygens (including phenoxy) is 2. The number of benzene rings is 1. The fourth-order valence-electron chi connectivity index (χ4n) is 2.10. The molecule has 0 spiro atoms. The fraction of sp³-hybridized carbons (Fsp3) is 0.500. The lowest BCUT2D eigenvalue weighted by atomic mass is 9.94. The van der Waals surface area contributed by atoms with Crippen molar-refractivity contribution in [3.05, 3.63) is 23.8 Å². The number of hydrogen-bond donors (Lipinski definition) is 3. The van der Waals surface area contributed by atoms with Crippen LogP contribution in [0.25, 0.3) is 0 Å². The van der Waals surface area contributed by atoms with Crippen LogP contribution < -0.4 is 10.1 Å². The normalized spacial score (nSPS) is 17.5. The maximum Gasteiger partial charge on any atom is 0.255 e. The van der Waals surface area contributed by atoms with E-state index in [-0.39, 0.29) is 17.9 Å². The molecule has 1 amide bonds. The number of nitrogens with one attached hydrogen (secondary N) is 1. The predicted octanol–water partition coefficient (Wildman–Crippen LogP) is 0.672. The summed E-state index contributed by atoms with van der Waals surface area (Å²) in [7, 11) is 1.48. The van der Waals surface area contributed by atoms with E-state index in [0.717, 1.165) is 0 Å². The van der Waals surface area contributed by atoms with E-state index in [4.69, 9.17) is 9.47 Å². The van der Waals surface area contributed by atoms with E-state index in [1.165, 1.54) is 19.2 Å². The van der Waals surface area contributed by atoms with Crippen molar-refractivity contribution < 1.29 is 24.5 Å². The molecule has 0 saturated carbocycles. The van der Waals surface area contributed by atoms with Crippen LogP contribution in [-0.2, 0) is 4.74 Å². The van der Waals surface area contributed by atoms with Crippen LogP contribution in [0, 0.1) is 0 Å².